The summed E-state index contributed by atoms with van der Waals surface area (Å²) >= 11 is 1.79. The molecule has 59 heavy (non-hydrogen) atoms. The highest BCUT2D eigenvalue weighted by Gasteiger charge is 2.41. The average Bonchev–Trinajstić information content (AvgIpc) is 3.46. The number of thioether (sulfide) groups is 1. The van der Waals surface area contributed by atoms with Gasteiger partial charge in [-0.05, 0) is 90.7 Å². The van der Waals surface area contributed by atoms with Crippen molar-refractivity contribution in [2.75, 3.05) is 19.0 Å². The fraction of sp³-hybridized carbons (Fsp3) is 0.143. The number of benzene rings is 8. The first-order valence-corrected chi connectivity index (χ1v) is 21.5. The summed E-state index contributed by atoms with van der Waals surface area (Å²) in [4.78, 5) is 4.76. The summed E-state index contributed by atoms with van der Waals surface area (Å²) in [5, 5.41) is 15.1. The van der Waals surface area contributed by atoms with E-state index < -0.39 is 0 Å². The maximum atomic E-state index is 4.71. The molecule has 9 rings (SSSR count). The van der Waals surface area contributed by atoms with Gasteiger partial charge in [-0.1, -0.05) is 186 Å². The van der Waals surface area contributed by atoms with Gasteiger partial charge in [-0.2, -0.15) is 0 Å². The number of nitrogens with zero attached hydrogens (tertiary/aromatic N) is 1. The van der Waals surface area contributed by atoms with E-state index in [9.17, 15) is 0 Å². The summed E-state index contributed by atoms with van der Waals surface area (Å²) in [7, 11) is 4.38. The molecule has 2 nitrogen and oxygen atoms in total. The fourth-order valence-corrected chi connectivity index (χ4v) is 10.5. The Bertz CT molecular complexity index is 3100. The SMILES string of the molecule is C=C(/C=C/C=C(/C=C/C=C1/N(C)c2c(c3ccccc3c3ccccc23)C1(C)C)Sc1ccc2ccccc2c1)C(C)(C)c1c([NH2+]C)c2ccccc2c2ccccc12. The molecule has 0 bridgehead atoms. The predicted octanol–water partition coefficient (Wildman–Crippen LogP) is 14.2. The van der Waals surface area contributed by atoms with E-state index in [0.29, 0.717) is 0 Å². The Labute approximate surface area is 353 Å². The van der Waals surface area contributed by atoms with Gasteiger partial charge in [0.2, 0.25) is 0 Å². The van der Waals surface area contributed by atoms with Crippen molar-refractivity contribution in [1.82, 2.24) is 0 Å². The van der Waals surface area contributed by atoms with E-state index >= 15 is 0 Å². The molecule has 290 valence electrons. The number of anilines is 1. The molecule has 0 saturated carbocycles. The smallest absolute Gasteiger partial charge is 0.142 e. The first-order chi connectivity index (χ1) is 28.6. The molecule has 8 aromatic carbocycles. The summed E-state index contributed by atoms with van der Waals surface area (Å²) in [6.07, 6.45) is 13.4. The Morgan fingerprint density at radius 2 is 1.19 bits per heavy atom. The maximum absolute atomic E-state index is 4.71. The quantitative estimate of drug-likeness (QED) is 0.0681. The van der Waals surface area contributed by atoms with E-state index in [0.717, 1.165) is 10.5 Å². The number of nitrogens with two attached hydrogens (primary N) is 1. The van der Waals surface area contributed by atoms with Gasteiger partial charge >= 0.3 is 0 Å². The number of hydrogen-bond acceptors (Lipinski definition) is 2. The summed E-state index contributed by atoms with van der Waals surface area (Å²) in [5.74, 6) is 0. The Hall–Kier alpha value is -6.13. The van der Waals surface area contributed by atoms with E-state index in [1.165, 1.54) is 87.0 Å². The van der Waals surface area contributed by atoms with E-state index in [1.807, 2.05) is 0 Å². The largest absolute Gasteiger partial charge is 0.347 e. The molecular formula is C56H51N2S+. The molecule has 1 heterocycles. The van der Waals surface area contributed by atoms with Gasteiger partial charge in [0.25, 0.3) is 0 Å². The second kappa shape index (κ2) is 15.2. The third-order valence-corrected chi connectivity index (χ3v) is 13.6. The van der Waals surface area contributed by atoms with Crippen LogP contribution in [0.2, 0.25) is 0 Å². The van der Waals surface area contributed by atoms with Gasteiger partial charge in [-0.15, -0.1) is 0 Å². The van der Waals surface area contributed by atoms with E-state index in [4.69, 9.17) is 6.58 Å². The number of fused-ring (bicyclic) bond motifs is 10. The lowest BCUT2D eigenvalue weighted by molar-refractivity contribution is -0.538. The third kappa shape index (κ3) is 6.59. The van der Waals surface area contributed by atoms with Gasteiger partial charge < -0.3 is 10.2 Å². The second-order valence-corrected chi connectivity index (χ2v) is 17.9. The molecule has 0 radical (unpaired) electrons. The normalized spacial score (nSPS) is 15.3. The predicted molar refractivity (Wildman–Crippen MR) is 258 cm³/mol. The van der Waals surface area contributed by atoms with Crippen LogP contribution < -0.4 is 10.2 Å². The highest BCUT2D eigenvalue weighted by atomic mass is 32.2. The first-order valence-electron chi connectivity index (χ1n) is 20.6. The van der Waals surface area contributed by atoms with Crippen molar-refractivity contribution in [1.29, 1.82) is 0 Å². The molecule has 0 fully saturated rings. The van der Waals surface area contributed by atoms with E-state index in [-0.39, 0.29) is 10.8 Å². The zero-order chi connectivity index (χ0) is 40.9. The van der Waals surface area contributed by atoms with Crippen molar-refractivity contribution >= 4 is 77.0 Å². The number of quaternary nitrogens is 1. The molecule has 3 heteroatoms. The summed E-state index contributed by atoms with van der Waals surface area (Å²) < 4.78 is 0. The molecule has 8 aromatic rings. The lowest BCUT2D eigenvalue weighted by atomic mass is 9.74. The molecule has 0 aromatic heterocycles. The van der Waals surface area contributed by atoms with Crippen LogP contribution in [0.4, 0.5) is 11.4 Å². The van der Waals surface area contributed by atoms with Crippen molar-refractivity contribution in [3.05, 3.63) is 210 Å². The highest BCUT2D eigenvalue weighted by Crippen LogP contribution is 2.53. The zero-order valence-corrected chi connectivity index (χ0v) is 35.7. The highest BCUT2D eigenvalue weighted by molar-refractivity contribution is 8.03. The molecule has 0 atom stereocenters. The van der Waals surface area contributed by atoms with Crippen molar-refractivity contribution in [2.24, 2.45) is 0 Å². The van der Waals surface area contributed by atoms with E-state index in [2.05, 4.69) is 228 Å². The van der Waals surface area contributed by atoms with Crippen LogP contribution in [0.3, 0.4) is 0 Å². The van der Waals surface area contributed by atoms with Crippen LogP contribution in [0.25, 0.3) is 53.9 Å². The lowest BCUT2D eigenvalue weighted by Crippen LogP contribution is -2.73. The Morgan fingerprint density at radius 3 is 1.86 bits per heavy atom. The van der Waals surface area contributed by atoms with Crippen LogP contribution in [-0.4, -0.2) is 14.1 Å². The Kier molecular flexibility index (Phi) is 9.91. The summed E-state index contributed by atoms with van der Waals surface area (Å²) in [5.41, 5.74) is 7.10. The number of rotatable bonds is 9. The van der Waals surface area contributed by atoms with Gasteiger partial charge in [-0.3, -0.25) is 0 Å². The van der Waals surface area contributed by atoms with Gasteiger partial charge in [0.05, 0.1) is 12.7 Å². The monoisotopic (exact) mass is 783 g/mol. The molecular weight excluding hydrogens is 733 g/mol. The van der Waals surface area contributed by atoms with Crippen LogP contribution >= 0.6 is 11.8 Å². The van der Waals surface area contributed by atoms with Crippen LogP contribution in [0.15, 0.2) is 204 Å². The minimum Gasteiger partial charge on any atom is -0.347 e. The Balaban J connectivity index is 1.09. The average molecular weight is 784 g/mol. The second-order valence-electron chi connectivity index (χ2n) is 16.8. The maximum Gasteiger partial charge on any atom is 0.142 e. The van der Waals surface area contributed by atoms with Gasteiger partial charge in [0.1, 0.15) is 5.69 Å². The molecule has 0 spiro atoms. The molecule has 1 aliphatic heterocycles. The molecule has 0 aliphatic carbocycles. The van der Waals surface area contributed by atoms with Crippen molar-refractivity contribution in [3.8, 4) is 0 Å². The minimum absolute atomic E-state index is 0.196. The molecule has 2 N–H and O–H groups in total. The van der Waals surface area contributed by atoms with Gasteiger partial charge in [-0.25, -0.2) is 0 Å². The van der Waals surface area contributed by atoms with Gasteiger partial charge in [0, 0.05) is 49.7 Å². The summed E-state index contributed by atoms with van der Waals surface area (Å²) in [6, 6.07) is 50.7. The van der Waals surface area contributed by atoms with Crippen molar-refractivity contribution < 1.29 is 5.32 Å². The lowest BCUT2D eigenvalue weighted by Gasteiger charge is -2.29. The van der Waals surface area contributed by atoms with Crippen LogP contribution in [0, 0.1) is 0 Å². The van der Waals surface area contributed by atoms with Crippen molar-refractivity contribution in [2.45, 2.75) is 43.4 Å². The molecule has 0 amide bonds. The van der Waals surface area contributed by atoms with Crippen LogP contribution in [0.5, 0.6) is 0 Å². The molecule has 1 aliphatic rings. The zero-order valence-electron chi connectivity index (χ0n) is 34.9. The first kappa shape index (κ1) is 38.4. The van der Waals surface area contributed by atoms with E-state index in [1.54, 1.807) is 11.8 Å². The summed E-state index contributed by atoms with van der Waals surface area (Å²) in [6.45, 7) is 14.1. The Morgan fingerprint density at radius 1 is 0.644 bits per heavy atom. The van der Waals surface area contributed by atoms with Crippen LogP contribution in [0.1, 0.15) is 38.8 Å². The number of likely N-dealkylation sites (N-methyl/N-ethyl adjacent to an activating group) is 1. The fourth-order valence-electron chi connectivity index (χ4n) is 9.59. The molecule has 0 saturated heterocycles. The van der Waals surface area contributed by atoms with Crippen LogP contribution in [-0.2, 0) is 10.8 Å². The molecule has 0 unspecified atom stereocenters. The van der Waals surface area contributed by atoms with Gasteiger partial charge in [0.15, 0.2) is 0 Å². The number of allylic oxidation sites excluding steroid dienone is 8. The standard InChI is InChI=1S/C56H50N2S/c1-37(55(2,3)51-46-29-14-10-25-42(46)44-27-12-16-31-48(44)53(51)57-6)20-18-23-40(59-41-35-34-38-21-8-9-22-39(38)36-41)24-19-33-50-56(4,5)52-47-30-15-11-26-43(47)45-28-13-17-32-49(45)54(52)58(50)7/h8-36,57H,1H2,2-7H3/p+1/b20-18+,24-19+,40-23-,50-33+. The third-order valence-electron chi connectivity index (χ3n) is 12.6. The van der Waals surface area contributed by atoms with Crippen molar-refractivity contribution in [3.63, 3.8) is 0 Å². The minimum atomic E-state index is -0.330. The topological polar surface area (TPSA) is 19.9 Å². The number of hydrogen-bond donors (Lipinski definition) is 1.